The third-order valence-electron chi connectivity index (χ3n) is 3.78. The van der Waals surface area contributed by atoms with E-state index in [1.165, 1.54) is 13.8 Å². The largest absolute Gasteiger partial charge is 0.410 e. The molecule has 0 bridgehead atoms. The van der Waals surface area contributed by atoms with E-state index in [0.717, 1.165) is 4.68 Å². The molecule has 9 heteroatoms. The van der Waals surface area contributed by atoms with Crippen LogP contribution in [-0.2, 0) is 6.42 Å². The summed E-state index contributed by atoms with van der Waals surface area (Å²) in [4.78, 5) is 15.4. The van der Waals surface area contributed by atoms with E-state index >= 15 is 0 Å². The van der Waals surface area contributed by atoms with E-state index in [-0.39, 0.29) is 49.5 Å². The summed E-state index contributed by atoms with van der Waals surface area (Å²) in [7, 11) is 0. The first kappa shape index (κ1) is 20.5. The third-order valence-corrected chi connectivity index (χ3v) is 3.78. The monoisotopic (exact) mass is 355 g/mol. The average molecular weight is 355 g/mol. The molecule has 0 aromatic carbocycles. The molecule has 1 aromatic rings. The molecule has 0 amide bonds. The van der Waals surface area contributed by atoms with Crippen LogP contribution < -0.4 is 0 Å². The molecule has 1 aliphatic rings. The number of alkyl halides is 5. The van der Waals surface area contributed by atoms with Gasteiger partial charge in [-0.25, -0.2) is 18.4 Å². The normalized spacial score (nSPS) is 17.2. The van der Waals surface area contributed by atoms with Crippen LogP contribution >= 0.6 is 0 Å². The topological polar surface area (TPSA) is 47.8 Å². The van der Waals surface area contributed by atoms with Gasteiger partial charge in [-0.3, -0.25) is 4.79 Å². The van der Waals surface area contributed by atoms with Crippen LogP contribution in [0.4, 0.5) is 22.0 Å². The quantitative estimate of drug-likeness (QED) is 0.565. The van der Waals surface area contributed by atoms with Gasteiger partial charge < -0.3 is 0 Å². The van der Waals surface area contributed by atoms with Crippen molar-refractivity contribution in [1.82, 2.24) is 14.8 Å². The predicted molar refractivity (Wildman–Crippen MR) is 78.2 cm³/mol. The number of nitrogens with zero attached hydrogens (tertiary/aromatic N) is 3. The summed E-state index contributed by atoms with van der Waals surface area (Å²) >= 11 is 0. The summed E-state index contributed by atoms with van der Waals surface area (Å²) in [5.74, 6) is -2.54. The number of hydrogen-bond acceptors (Lipinski definition) is 3. The van der Waals surface area contributed by atoms with Gasteiger partial charge in [-0.15, -0.1) is 5.10 Å². The zero-order valence-electron chi connectivity index (χ0n) is 14.0. The Morgan fingerprint density at radius 3 is 2.17 bits per heavy atom. The lowest BCUT2D eigenvalue weighted by molar-refractivity contribution is -0.168. The molecule has 1 atom stereocenters. The Bertz CT molecular complexity index is 548. The van der Waals surface area contributed by atoms with Crippen LogP contribution in [0.5, 0.6) is 0 Å². The van der Waals surface area contributed by atoms with Crippen LogP contribution in [-0.4, -0.2) is 32.6 Å². The number of ketones is 1. The van der Waals surface area contributed by atoms with Gasteiger partial charge in [-0.05, 0) is 12.8 Å². The third kappa shape index (κ3) is 5.24. The number of fused-ring (bicyclic) bond motifs is 1. The minimum Gasteiger partial charge on any atom is -0.291 e. The Hall–Kier alpha value is -1.54. The van der Waals surface area contributed by atoms with Crippen molar-refractivity contribution in [2.24, 2.45) is 0 Å². The molecule has 0 aliphatic carbocycles. The van der Waals surface area contributed by atoms with Gasteiger partial charge in [-0.2, -0.15) is 13.2 Å². The van der Waals surface area contributed by atoms with Gasteiger partial charge >= 0.3 is 6.18 Å². The molecule has 0 radical (unpaired) electrons. The molecule has 138 valence electrons. The van der Waals surface area contributed by atoms with Crippen molar-refractivity contribution in [3.05, 3.63) is 11.6 Å². The summed E-state index contributed by atoms with van der Waals surface area (Å²) < 4.78 is 62.5. The molecular weight excluding hydrogens is 333 g/mol. The maximum Gasteiger partial charge on any atom is 0.410 e. The first-order valence-electron chi connectivity index (χ1n) is 7.98. The predicted octanol–water partition coefficient (Wildman–Crippen LogP) is 4.75. The molecule has 0 spiro atoms. The van der Waals surface area contributed by atoms with Crippen molar-refractivity contribution >= 4 is 5.78 Å². The van der Waals surface area contributed by atoms with Crippen molar-refractivity contribution in [2.45, 2.75) is 77.4 Å². The van der Waals surface area contributed by atoms with Gasteiger partial charge in [0, 0.05) is 25.7 Å². The molecule has 4 nitrogen and oxygen atoms in total. The number of Topliss-reactive ketones (excluding diaryl/α,β-unsaturated/α-hetero) is 1. The number of carbonyl (C=O) groups is 1. The molecule has 0 N–H and O–H groups in total. The number of aromatic nitrogens is 3. The van der Waals surface area contributed by atoms with Crippen molar-refractivity contribution in [3.63, 3.8) is 0 Å². The minimum absolute atomic E-state index is 0.0382. The standard InChI is InChI=1S/C10H12F3N3O.C5H10F2/c1-2-3-6(17)9-14-8-5-4-7(10(11,12)13)16(8)15-9;1-3-5(6,7)4-2/h7H,2-5H2,1H3;3-4H2,1-2H3. The fourth-order valence-corrected chi connectivity index (χ4v) is 2.17. The van der Waals surface area contributed by atoms with Crippen molar-refractivity contribution in [3.8, 4) is 0 Å². The first-order valence-corrected chi connectivity index (χ1v) is 7.98. The van der Waals surface area contributed by atoms with E-state index in [1.54, 1.807) is 0 Å². The van der Waals surface area contributed by atoms with Crippen LogP contribution in [0.2, 0.25) is 0 Å². The van der Waals surface area contributed by atoms with E-state index in [2.05, 4.69) is 10.1 Å². The highest BCUT2D eigenvalue weighted by molar-refractivity contribution is 5.92. The van der Waals surface area contributed by atoms with Crippen molar-refractivity contribution in [1.29, 1.82) is 0 Å². The summed E-state index contributed by atoms with van der Waals surface area (Å²) in [5, 5.41) is 3.69. The Labute approximate surface area is 137 Å². The highest BCUT2D eigenvalue weighted by Crippen LogP contribution is 2.38. The van der Waals surface area contributed by atoms with Crippen molar-refractivity contribution in [2.75, 3.05) is 0 Å². The summed E-state index contributed by atoms with van der Waals surface area (Å²) in [6, 6.07) is -1.63. The average Bonchev–Trinajstić information content (AvgIpc) is 3.07. The Morgan fingerprint density at radius 1 is 1.17 bits per heavy atom. The fourth-order valence-electron chi connectivity index (χ4n) is 2.17. The molecule has 1 unspecified atom stereocenters. The van der Waals surface area contributed by atoms with E-state index in [1.807, 2.05) is 6.92 Å². The van der Waals surface area contributed by atoms with Crippen LogP contribution in [0.15, 0.2) is 0 Å². The smallest absolute Gasteiger partial charge is 0.291 e. The Morgan fingerprint density at radius 2 is 1.75 bits per heavy atom. The highest BCUT2D eigenvalue weighted by Gasteiger charge is 2.46. The lowest BCUT2D eigenvalue weighted by atomic mass is 10.2. The van der Waals surface area contributed by atoms with Crippen molar-refractivity contribution < 1.29 is 26.7 Å². The molecule has 2 heterocycles. The zero-order valence-corrected chi connectivity index (χ0v) is 14.0. The number of carbonyl (C=O) groups excluding carboxylic acids is 1. The second-order valence-corrected chi connectivity index (χ2v) is 5.63. The van der Waals surface area contributed by atoms with Gasteiger partial charge in [0.1, 0.15) is 11.9 Å². The molecule has 2 rings (SSSR count). The fraction of sp³-hybridized carbons (Fsp3) is 0.800. The number of rotatable bonds is 5. The van der Waals surface area contributed by atoms with E-state index in [9.17, 15) is 26.7 Å². The van der Waals surface area contributed by atoms with Gasteiger partial charge in [0.15, 0.2) is 0 Å². The zero-order chi connectivity index (χ0) is 18.5. The number of aryl methyl sites for hydroxylation is 1. The van der Waals surface area contributed by atoms with Crippen LogP contribution in [0.25, 0.3) is 0 Å². The molecule has 0 saturated carbocycles. The lowest BCUT2D eigenvalue weighted by Crippen LogP contribution is -2.24. The molecule has 1 aromatic heterocycles. The van der Waals surface area contributed by atoms with Gasteiger partial charge in [0.2, 0.25) is 17.5 Å². The van der Waals surface area contributed by atoms with Gasteiger partial charge in [-0.1, -0.05) is 20.8 Å². The molecule has 1 aliphatic heterocycles. The van der Waals surface area contributed by atoms with Crippen LogP contribution in [0, 0.1) is 0 Å². The highest BCUT2D eigenvalue weighted by atomic mass is 19.4. The first-order chi connectivity index (χ1) is 11.1. The maximum atomic E-state index is 12.6. The van der Waals surface area contributed by atoms with Crippen LogP contribution in [0.1, 0.15) is 75.4 Å². The van der Waals surface area contributed by atoms with Crippen LogP contribution in [0.3, 0.4) is 0 Å². The van der Waals surface area contributed by atoms with Gasteiger partial charge in [0.05, 0.1) is 0 Å². The summed E-state index contributed by atoms with van der Waals surface area (Å²) in [6.45, 7) is 4.80. The maximum absolute atomic E-state index is 12.6. The van der Waals surface area contributed by atoms with E-state index < -0.39 is 18.1 Å². The number of hydrogen-bond donors (Lipinski definition) is 0. The Kier molecular flexibility index (Phi) is 6.86. The number of halogens is 5. The summed E-state index contributed by atoms with van der Waals surface area (Å²) in [6.07, 6.45) is -3.33. The van der Waals surface area contributed by atoms with Gasteiger partial charge in [0.25, 0.3) is 0 Å². The van der Waals surface area contributed by atoms with E-state index in [0.29, 0.717) is 6.42 Å². The second kappa shape index (κ2) is 8.02. The molecular formula is C15H22F5N3O. The lowest BCUT2D eigenvalue weighted by Gasteiger charge is -2.14. The molecule has 24 heavy (non-hydrogen) atoms. The molecule has 0 saturated heterocycles. The Balaban J connectivity index is 0.000000351. The minimum atomic E-state index is -4.33. The van der Waals surface area contributed by atoms with E-state index in [4.69, 9.17) is 0 Å². The molecule has 0 fully saturated rings. The second-order valence-electron chi connectivity index (χ2n) is 5.63. The SMILES string of the molecule is CCC(F)(F)CC.CCCC(=O)c1nc2n(n1)C(C(F)(F)F)CC2. The summed E-state index contributed by atoms with van der Waals surface area (Å²) in [5.41, 5.74) is 0.